The summed E-state index contributed by atoms with van der Waals surface area (Å²) in [6.45, 7) is 2.99. The minimum absolute atomic E-state index is 0.220. The number of aromatic nitrogens is 2. The quantitative estimate of drug-likeness (QED) is 0.827. The van der Waals surface area contributed by atoms with Gasteiger partial charge in [-0.15, -0.1) is 0 Å². The Morgan fingerprint density at radius 2 is 2.22 bits per heavy atom. The number of phenolic OH excluding ortho intramolecular Hbond substituents is 1. The first-order valence-electron chi connectivity index (χ1n) is 5.76. The summed E-state index contributed by atoms with van der Waals surface area (Å²) in [4.78, 5) is 8.77. The molecule has 18 heavy (non-hydrogen) atoms. The van der Waals surface area contributed by atoms with Crippen LogP contribution in [0.3, 0.4) is 0 Å². The highest BCUT2D eigenvalue weighted by Crippen LogP contribution is 2.23. The number of nitrogens with one attached hydrogen (secondary N) is 1. The van der Waals surface area contributed by atoms with Crippen LogP contribution < -0.4 is 5.32 Å². The summed E-state index contributed by atoms with van der Waals surface area (Å²) in [6, 6.07) is 6.95. The molecule has 0 unspecified atom stereocenters. The minimum atomic E-state index is 0.220. The number of halogens is 1. The highest BCUT2D eigenvalue weighted by molar-refractivity contribution is 14.1. The Bertz CT molecular complexity index is 546. The van der Waals surface area contributed by atoms with Crippen LogP contribution in [0.5, 0.6) is 5.75 Å². The van der Waals surface area contributed by atoms with Crippen molar-refractivity contribution in [1.82, 2.24) is 9.97 Å². The highest BCUT2D eigenvalue weighted by atomic mass is 127. The molecule has 1 aromatic carbocycles. The molecule has 0 aliphatic carbocycles. The normalized spacial score (nSPS) is 10.3. The van der Waals surface area contributed by atoms with Gasteiger partial charge in [-0.3, -0.25) is 0 Å². The monoisotopic (exact) mass is 355 g/mol. The van der Waals surface area contributed by atoms with Gasteiger partial charge in [0, 0.05) is 18.3 Å². The molecular formula is C13H14IN3O. The van der Waals surface area contributed by atoms with Crippen LogP contribution in [-0.2, 0) is 0 Å². The third kappa shape index (κ3) is 3.10. The molecule has 5 heteroatoms. The van der Waals surface area contributed by atoms with Crippen LogP contribution in [0, 0.1) is 3.57 Å². The Balaban J connectivity index is 2.34. The molecule has 0 fully saturated rings. The lowest BCUT2D eigenvalue weighted by atomic mass is 10.2. The van der Waals surface area contributed by atoms with Gasteiger partial charge < -0.3 is 10.4 Å². The molecule has 2 aromatic rings. The van der Waals surface area contributed by atoms with Crippen molar-refractivity contribution in [3.05, 3.63) is 34.0 Å². The molecule has 0 saturated heterocycles. The van der Waals surface area contributed by atoms with E-state index in [4.69, 9.17) is 0 Å². The summed E-state index contributed by atoms with van der Waals surface area (Å²) >= 11 is 2.21. The highest BCUT2D eigenvalue weighted by Gasteiger charge is 2.06. The molecular weight excluding hydrogens is 341 g/mol. The van der Waals surface area contributed by atoms with E-state index in [1.807, 2.05) is 6.07 Å². The predicted octanol–water partition coefficient (Wildman–Crippen LogP) is 3.28. The average Bonchev–Trinajstić information content (AvgIpc) is 2.38. The van der Waals surface area contributed by atoms with Crippen LogP contribution in [0.25, 0.3) is 11.4 Å². The van der Waals surface area contributed by atoms with E-state index in [1.54, 1.807) is 24.4 Å². The van der Waals surface area contributed by atoms with Crippen molar-refractivity contribution in [1.29, 1.82) is 0 Å². The predicted molar refractivity (Wildman–Crippen MR) is 80.6 cm³/mol. The van der Waals surface area contributed by atoms with Crippen molar-refractivity contribution >= 4 is 28.4 Å². The first-order chi connectivity index (χ1) is 8.70. The van der Waals surface area contributed by atoms with E-state index in [0.29, 0.717) is 5.82 Å². The lowest BCUT2D eigenvalue weighted by Crippen LogP contribution is -2.05. The Hall–Kier alpha value is -1.37. The lowest BCUT2D eigenvalue weighted by Gasteiger charge is -2.08. The van der Waals surface area contributed by atoms with Gasteiger partial charge in [0.1, 0.15) is 11.6 Å². The fourth-order valence-electron chi connectivity index (χ4n) is 1.52. The molecule has 0 atom stereocenters. The van der Waals surface area contributed by atoms with Crippen molar-refractivity contribution in [2.45, 2.75) is 13.3 Å². The molecule has 2 N–H and O–H groups in total. The summed E-state index contributed by atoms with van der Waals surface area (Å²) in [5.74, 6) is 1.67. The van der Waals surface area contributed by atoms with Crippen molar-refractivity contribution in [3.63, 3.8) is 0 Å². The Kier molecular flexibility index (Phi) is 4.35. The number of aromatic hydroxyl groups is 1. The molecule has 0 spiro atoms. The summed E-state index contributed by atoms with van der Waals surface area (Å²) in [6.07, 6.45) is 2.83. The molecule has 0 aliphatic heterocycles. The molecule has 0 saturated carbocycles. The first-order valence-corrected chi connectivity index (χ1v) is 6.84. The summed E-state index contributed by atoms with van der Waals surface area (Å²) in [5, 5.41) is 12.7. The van der Waals surface area contributed by atoms with Crippen LogP contribution >= 0.6 is 22.6 Å². The maximum atomic E-state index is 9.47. The van der Waals surface area contributed by atoms with Gasteiger partial charge in [-0.1, -0.05) is 19.1 Å². The number of nitrogens with zero attached hydrogens (tertiary/aromatic N) is 2. The molecule has 1 heterocycles. The van der Waals surface area contributed by atoms with E-state index >= 15 is 0 Å². The molecule has 0 aliphatic rings. The fourth-order valence-corrected chi connectivity index (χ4v) is 1.97. The second-order valence-electron chi connectivity index (χ2n) is 3.87. The Morgan fingerprint density at radius 3 is 2.94 bits per heavy atom. The van der Waals surface area contributed by atoms with Crippen LogP contribution in [0.2, 0.25) is 0 Å². The van der Waals surface area contributed by atoms with E-state index < -0.39 is 0 Å². The van der Waals surface area contributed by atoms with Crippen molar-refractivity contribution in [2.75, 3.05) is 11.9 Å². The van der Waals surface area contributed by atoms with E-state index in [1.165, 1.54) is 0 Å². The third-order valence-electron chi connectivity index (χ3n) is 2.39. The third-order valence-corrected chi connectivity index (χ3v) is 3.18. The number of benzene rings is 1. The molecule has 0 radical (unpaired) electrons. The lowest BCUT2D eigenvalue weighted by molar-refractivity contribution is 0.475. The number of rotatable bonds is 4. The summed E-state index contributed by atoms with van der Waals surface area (Å²) in [7, 11) is 0. The van der Waals surface area contributed by atoms with Gasteiger partial charge in [0.2, 0.25) is 0 Å². The average molecular weight is 355 g/mol. The largest absolute Gasteiger partial charge is 0.508 e. The van der Waals surface area contributed by atoms with Gasteiger partial charge in [0.05, 0.1) is 3.57 Å². The van der Waals surface area contributed by atoms with E-state index in [9.17, 15) is 5.11 Å². The molecule has 1 aromatic heterocycles. The maximum absolute atomic E-state index is 9.47. The maximum Gasteiger partial charge on any atom is 0.161 e. The second kappa shape index (κ2) is 5.99. The zero-order valence-corrected chi connectivity index (χ0v) is 12.2. The summed E-state index contributed by atoms with van der Waals surface area (Å²) < 4.78 is 0.991. The van der Waals surface area contributed by atoms with E-state index in [0.717, 1.165) is 27.9 Å². The van der Waals surface area contributed by atoms with Gasteiger partial charge >= 0.3 is 0 Å². The molecule has 0 amide bonds. The standard InChI is InChI=1S/C13H14IN3O/c1-2-6-15-13-11(14)8-16-12(17-13)9-4-3-5-10(18)7-9/h3-5,7-8,18H,2,6H2,1H3,(H,15,16,17). The van der Waals surface area contributed by atoms with Crippen LogP contribution in [0.15, 0.2) is 30.5 Å². The Labute approximate surface area is 120 Å². The molecule has 4 nitrogen and oxygen atoms in total. The smallest absolute Gasteiger partial charge is 0.161 e. The second-order valence-corrected chi connectivity index (χ2v) is 5.03. The van der Waals surface area contributed by atoms with Crippen molar-refractivity contribution < 1.29 is 5.11 Å². The van der Waals surface area contributed by atoms with Crippen LogP contribution in [0.1, 0.15) is 13.3 Å². The number of phenols is 1. The van der Waals surface area contributed by atoms with Crippen molar-refractivity contribution in [3.8, 4) is 17.1 Å². The van der Waals surface area contributed by atoms with Gasteiger partial charge in [0.25, 0.3) is 0 Å². The SMILES string of the molecule is CCCNc1nc(-c2cccc(O)c2)ncc1I. The van der Waals surface area contributed by atoms with Crippen molar-refractivity contribution in [2.24, 2.45) is 0 Å². The molecule has 0 bridgehead atoms. The zero-order valence-electron chi connectivity index (χ0n) is 10.0. The topological polar surface area (TPSA) is 58.0 Å². The van der Waals surface area contributed by atoms with Crippen LogP contribution in [0.4, 0.5) is 5.82 Å². The number of hydrogen-bond acceptors (Lipinski definition) is 4. The van der Waals surface area contributed by atoms with Gasteiger partial charge in [-0.2, -0.15) is 0 Å². The van der Waals surface area contributed by atoms with E-state index in [-0.39, 0.29) is 5.75 Å². The van der Waals surface area contributed by atoms with Gasteiger partial charge in [-0.05, 0) is 41.1 Å². The minimum Gasteiger partial charge on any atom is -0.508 e. The molecule has 94 valence electrons. The number of anilines is 1. The summed E-state index contributed by atoms with van der Waals surface area (Å²) in [5.41, 5.74) is 0.811. The molecule has 2 rings (SSSR count). The van der Waals surface area contributed by atoms with Crippen LogP contribution in [-0.4, -0.2) is 21.6 Å². The van der Waals surface area contributed by atoms with E-state index in [2.05, 4.69) is 44.8 Å². The fraction of sp³-hybridized carbons (Fsp3) is 0.231. The Morgan fingerprint density at radius 1 is 1.39 bits per heavy atom. The zero-order chi connectivity index (χ0) is 13.0. The van der Waals surface area contributed by atoms with Gasteiger partial charge in [-0.25, -0.2) is 9.97 Å². The number of hydrogen-bond donors (Lipinski definition) is 2. The first kappa shape index (κ1) is 13.1. The van der Waals surface area contributed by atoms with Gasteiger partial charge in [0.15, 0.2) is 5.82 Å².